The number of rotatable bonds is 4. The number of urea groups is 1. The van der Waals surface area contributed by atoms with Crippen molar-refractivity contribution in [3.05, 3.63) is 53.1 Å². The third-order valence-electron chi connectivity index (χ3n) is 5.19. The summed E-state index contributed by atoms with van der Waals surface area (Å²) in [5, 5.41) is 0. The lowest BCUT2D eigenvalue weighted by molar-refractivity contribution is -0.116. The fourth-order valence-electron chi connectivity index (χ4n) is 4.02. The zero-order valence-corrected chi connectivity index (χ0v) is 15.3. The molecular formula is C20H21N3O4. The van der Waals surface area contributed by atoms with Crippen LogP contribution in [0.5, 0.6) is 11.5 Å². The van der Waals surface area contributed by atoms with Gasteiger partial charge in [0.15, 0.2) is 11.5 Å². The van der Waals surface area contributed by atoms with Gasteiger partial charge in [0.25, 0.3) is 0 Å². The molecule has 7 heteroatoms. The molecule has 2 aliphatic rings. The number of hydrogen-bond donors (Lipinski definition) is 1. The van der Waals surface area contributed by atoms with Crippen molar-refractivity contribution < 1.29 is 19.1 Å². The van der Waals surface area contributed by atoms with Gasteiger partial charge in [-0.2, -0.15) is 0 Å². The van der Waals surface area contributed by atoms with E-state index >= 15 is 0 Å². The van der Waals surface area contributed by atoms with Gasteiger partial charge in [-0.3, -0.25) is 9.69 Å². The van der Waals surface area contributed by atoms with Crippen LogP contribution in [0, 0.1) is 0 Å². The SMILES string of the molecule is COc1cc2c(cc1OC)[C@@H]1c3ccccc3N(CC(N)=O)C(=O)N1CC2. The molecule has 0 unspecified atom stereocenters. The first-order valence-corrected chi connectivity index (χ1v) is 8.75. The summed E-state index contributed by atoms with van der Waals surface area (Å²) < 4.78 is 10.9. The van der Waals surface area contributed by atoms with Gasteiger partial charge in [0.05, 0.1) is 25.9 Å². The van der Waals surface area contributed by atoms with Gasteiger partial charge in [-0.05, 0) is 35.7 Å². The second-order valence-corrected chi connectivity index (χ2v) is 6.65. The molecule has 2 aliphatic heterocycles. The molecule has 2 aromatic rings. The van der Waals surface area contributed by atoms with Crippen molar-refractivity contribution in [1.82, 2.24) is 4.90 Å². The van der Waals surface area contributed by atoms with Gasteiger partial charge in [-0.15, -0.1) is 0 Å². The van der Waals surface area contributed by atoms with Crippen molar-refractivity contribution in [3.8, 4) is 11.5 Å². The first-order valence-electron chi connectivity index (χ1n) is 8.75. The number of carbonyl (C=O) groups is 2. The second-order valence-electron chi connectivity index (χ2n) is 6.65. The van der Waals surface area contributed by atoms with Gasteiger partial charge in [-0.1, -0.05) is 18.2 Å². The number of benzene rings is 2. The lowest BCUT2D eigenvalue weighted by atomic mass is 9.85. The average Bonchev–Trinajstić information content (AvgIpc) is 2.69. The van der Waals surface area contributed by atoms with Crippen LogP contribution in [0.25, 0.3) is 0 Å². The Bertz CT molecular complexity index is 927. The number of carbonyl (C=O) groups excluding carboxylic acids is 2. The first kappa shape index (κ1) is 17.2. The van der Waals surface area contributed by atoms with Crippen molar-refractivity contribution in [2.24, 2.45) is 5.73 Å². The molecule has 0 saturated carbocycles. The summed E-state index contributed by atoms with van der Waals surface area (Å²) in [6, 6.07) is 11.1. The van der Waals surface area contributed by atoms with Gasteiger partial charge in [-0.25, -0.2) is 4.79 Å². The Morgan fingerprint density at radius 2 is 1.85 bits per heavy atom. The van der Waals surface area contributed by atoms with Crippen molar-refractivity contribution in [1.29, 1.82) is 0 Å². The highest BCUT2D eigenvalue weighted by Gasteiger charge is 2.41. The number of para-hydroxylation sites is 1. The van der Waals surface area contributed by atoms with Gasteiger partial charge >= 0.3 is 6.03 Å². The van der Waals surface area contributed by atoms with E-state index in [0.717, 1.165) is 16.7 Å². The quantitative estimate of drug-likeness (QED) is 0.897. The van der Waals surface area contributed by atoms with Crippen LogP contribution in [0.15, 0.2) is 36.4 Å². The fraction of sp³-hybridized carbons (Fsp3) is 0.300. The summed E-state index contributed by atoms with van der Waals surface area (Å²) in [5.74, 6) is 0.762. The van der Waals surface area contributed by atoms with Gasteiger partial charge in [0.2, 0.25) is 5.91 Å². The summed E-state index contributed by atoms with van der Waals surface area (Å²) in [6.07, 6.45) is 0.699. The van der Waals surface area contributed by atoms with Crippen molar-refractivity contribution in [2.75, 3.05) is 32.2 Å². The molecule has 0 saturated heterocycles. The Labute approximate surface area is 157 Å². The summed E-state index contributed by atoms with van der Waals surface area (Å²) in [4.78, 5) is 27.9. The molecule has 0 aliphatic carbocycles. The zero-order valence-electron chi connectivity index (χ0n) is 15.3. The highest BCUT2D eigenvalue weighted by molar-refractivity contribution is 6.00. The van der Waals surface area contributed by atoms with Crippen LogP contribution in [-0.4, -0.2) is 44.1 Å². The van der Waals surface area contributed by atoms with E-state index in [1.54, 1.807) is 19.1 Å². The number of methoxy groups -OCH3 is 2. The van der Waals surface area contributed by atoms with Crippen molar-refractivity contribution in [3.63, 3.8) is 0 Å². The van der Waals surface area contributed by atoms with E-state index in [0.29, 0.717) is 30.2 Å². The fourth-order valence-corrected chi connectivity index (χ4v) is 4.02. The van der Waals surface area contributed by atoms with Crippen LogP contribution in [0.2, 0.25) is 0 Å². The standard InChI is InChI=1S/C20H21N3O4/c1-26-16-9-12-7-8-22-19(14(12)10-17(16)27-2)13-5-3-4-6-15(13)23(20(22)25)11-18(21)24/h3-6,9-10,19H,7-8,11H2,1-2H3,(H2,21,24)/t19-/m0/s1. The molecule has 3 amide bonds. The lowest BCUT2D eigenvalue weighted by Gasteiger charge is -2.45. The Morgan fingerprint density at radius 3 is 2.56 bits per heavy atom. The molecule has 1 atom stereocenters. The minimum absolute atomic E-state index is 0.141. The predicted octanol–water partition coefficient (Wildman–Crippen LogP) is 2.08. The molecule has 7 nitrogen and oxygen atoms in total. The van der Waals surface area contributed by atoms with E-state index in [1.165, 1.54) is 4.90 Å². The molecule has 0 aromatic heterocycles. The lowest BCUT2D eigenvalue weighted by Crippen LogP contribution is -2.54. The number of hydrogen-bond acceptors (Lipinski definition) is 4. The summed E-state index contributed by atoms with van der Waals surface area (Å²) >= 11 is 0. The maximum Gasteiger partial charge on any atom is 0.325 e. The molecule has 27 heavy (non-hydrogen) atoms. The maximum absolute atomic E-state index is 13.1. The van der Waals surface area contributed by atoms with E-state index in [-0.39, 0.29) is 18.6 Å². The zero-order chi connectivity index (χ0) is 19.1. The molecule has 0 spiro atoms. The number of ether oxygens (including phenoxy) is 2. The van der Waals surface area contributed by atoms with E-state index in [1.807, 2.05) is 36.4 Å². The van der Waals surface area contributed by atoms with E-state index in [9.17, 15) is 9.59 Å². The van der Waals surface area contributed by atoms with Crippen molar-refractivity contribution in [2.45, 2.75) is 12.5 Å². The molecule has 140 valence electrons. The highest BCUT2D eigenvalue weighted by atomic mass is 16.5. The third kappa shape index (κ3) is 2.66. The summed E-state index contributed by atoms with van der Waals surface area (Å²) in [6.45, 7) is 0.410. The van der Waals surface area contributed by atoms with E-state index in [2.05, 4.69) is 0 Å². The molecule has 2 aromatic carbocycles. The maximum atomic E-state index is 13.1. The highest BCUT2D eigenvalue weighted by Crippen LogP contribution is 2.46. The molecule has 2 N–H and O–H groups in total. The third-order valence-corrected chi connectivity index (χ3v) is 5.19. The van der Waals surface area contributed by atoms with Gasteiger partial charge in [0.1, 0.15) is 6.54 Å². The molecule has 0 bridgehead atoms. The molecule has 0 fully saturated rings. The Kier molecular flexibility index (Phi) is 4.14. The normalized spacial score (nSPS) is 17.7. The minimum Gasteiger partial charge on any atom is -0.493 e. The Balaban J connectivity index is 1.89. The monoisotopic (exact) mass is 367 g/mol. The summed E-state index contributed by atoms with van der Waals surface area (Å²) in [5.41, 5.74) is 9.19. The Morgan fingerprint density at radius 1 is 1.15 bits per heavy atom. The van der Waals surface area contributed by atoms with Gasteiger partial charge in [0, 0.05) is 12.1 Å². The molecular weight excluding hydrogens is 346 g/mol. The minimum atomic E-state index is -0.541. The predicted molar refractivity (Wildman–Crippen MR) is 100 cm³/mol. The number of fused-ring (bicyclic) bond motifs is 5. The molecule has 0 radical (unpaired) electrons. The van der Waals surface area contributed by atoms with Gasteiger partial charge < -0.3 is 20.1 Å². The number of primary amides is 1. The number of nitrogens with zero attached hydrogens (tertiary/aromatic N) is 2. The van der Waals surface area contributed by atoms with Crippen LogP contribution in [-0.2, 0) is 11.2 Å². The Hall–Kier alpha value is -3.22. The second kappa shape index (κ2) is 6.50. The molecule has 4 rings (SSSR count). The number of nitrogens with two attached hydrogens (primary N) is 1. The smallest absolute Gasteiger partial charge is 0.325 e. The van der Waals surface area contributed by atoms with Crippen LogP contribution < -0.4 is 20.1 Å². The number of amides is 3. The summed E-state index contributed by atoms with van der Waals surface area (Å²) in [7, 11) is 3.21. The largest absolute Gasteiger partial charge is 0.493 e. The average molecular weight is 367 g/mol. The first-order chi connectivity index (χ1) is 13.0. The van der Waals surface area contributed by atoms with Crippen LogP contribution in [0.4, 0.5) is 10.5 Å². The molecule has 2 heterocycles. The topological polar surface area (TPSA) is 85.1 Å². The number of anilines is 1. The van der Waals surface area contributed by atoms with Crippen LogP contribution in [0.3, 0.4) is 0 Å². The van der Waals surface area contributed by atoms with Crippen molar-refractivity contribution >= 4 is 17.6 Å². The van der Waals surface area contributed by atoms with Crippen LogP contribution in [0.1, 0.15) is 22.7 Å². The van der Waals surface area contributed by atoms with E-state index in [4.69, 9.17) is 15.2 Å². The van der Waals surface area contributed by atoms with Crippen LogP contribution >= 0.6 is 0 Å². The van der Waals surface area contributed by atoms with E-state index < -0.39 is 5.91 Å².